The molecule has 106 valence electrons. The number of amides is 1. The van der Waals surface area contributed by atoms with Gasteiger partial charge in [-0.3, -0.25) is 4.79 Å². The van der Waals surface area contributed by atoms with Gasteiger partial charge in [-0.25, -0.2) is 9.97 Å². The van der Waals surface area contributed by atoms with Crippen LogP contribution in [0.15, 0.2) is 27.9 Å². The molecule has 0 radical (unpaired) electrons. The van der Waals surface area contributed by atoms with Crippen molar-refractivity contribution < 1.29 is 9.21 Å². The second-order valence-electron chi connectivity index (χ2n) is 4.20. The van der Waals surface area contributed by atoms with Gasteiger partial charge < -0.3 is 9.73 Å². The molecule has 0 saturated heterocycles. The van der Waals surface area contributed by atoms with Crippen molar-refractivity contribution in [2.24, 2.45) is 0 Å². The van der Waals surface area contributed by atoms with Crippen molar-refractivity contribution in [3.8, 4) is 0 Å². The fraction of sp³-hybridized carbons (Fsp3) is 0.308. The van der Waals surface area contributed by atoms with Crippen molar-refractivity contribution in [2.45, 2.75) is 25.0 Å². The highest BCUT2D eigenvalue weighted by Crippen LogP contribution is 2.19. The van der Waals surface area contributed by atoms with Gasteiger partial charge in [0.25, 0.3) is 5.91 Å². The van der Waals surface area contributed by atoms with Gasteiger partial charge in [0, 0.05) is 0 Å². The molecule has 0 unspecified atom stereocenters. The normalized spacial score (nSPS) is 12.2. The lowest BCUT2D eigenvalue weighted by Gasteiger charge is -2.12. The number of thioether (sulfide) groups is 1. The number of hydrogen-bond donors (Lipinski definition) is 1. The molecule has 1 amide bonds. The molecule has 5 nitrogen and oxygen atoms in total. The Labute approximate surface area is 126 Å². The molecule has 1 N–H and O–H groups in total. The van der Waals surface area contributed by atoms with Crippen LogP contribution in [0, 0.1) is 6.92 Å². The van der Waals surface area contributed by atoms with Gasteiger partial charge in [-0.2, -0.15) is 0 Å². The molecule has 7 heteroatoms. The van der Waals surface area contributed by atoms with Crippen molar-refractivity contribution in [1.29, 1.82) is 0 Å². The Kier molecular flexibility index (Phi) is 4.67. The summed E-state index contributed by atoms with van der Waals surface area (Å²) in [6, 6.07) is 3.41. The molecule has 2 aromatic heterocycles. The molecule has 0 aromatic carbocycles. The molecule has 2 aromatic rings. The van der Waals surface area contributed by atoms with Gasteiger partial charge >= 0.3 is 0 Å². The van der Waals surface area contributed by atoms with Crippen LogP contribution >= 0.6 is 23.4 Å². The van der Waals surface area contributed by atoms with Crippen molar-refractivity contribution in [2.75, 3.05) is 6.26 Å². The van der Waals surface area contributed by atoms with Crippen LogP contribution < -0.4 is 5.32 Å². The summed E-state index contributed by atoms with van der Waals surface area (Å²) in [6.07, 6.45) is 3.26. The fourth-order valence-electron chi connectivity index (χ4n) is 1.63. The van der Waals surface area contributed by atoms with Crippen molar-refractivity contribution in [3.05, 3.63) is 40.6 Å². The van der Waals surface area contributed by atoms with Gasteiger partial charge in [0.05, 0.1) is 17.3 Å². The zero-order valence-corrected chi connectivity index (χ0v) is 12.9. The average molecular weight is 312 g/mol. The molecule has 0 spiro atoms. The van der Waals surface area contributed by atoms with E-state index in [1.165, 1.54) is 18.0 Å². The third kappa shape index (κ3) is 3.32. The minimum Gasteiger partial charge on any atom is -0.464 e. The fourth-order valence-corrected chi connectivity index (χ4v) is 2.15. The van der Waals surface area contributed by atoms with E-state index in [2.05, 4.69) is 15.3 Å². The molecular formula is C13H14ClN3O2S. The molecule has 20 heavy (non-hydrogen) atoms. The first-order valence-corrected chi connectivity index (χ1v) is 7.55. The van der Waals surface area contributed by atoms with Gasteiger partial charge in [-0.1, -0.05) is 23.4 Å². The number of aromatic nitrogens is 2. The Morgan fingerprint density at radius 3 is 2.85 bits per heavy atom. The van der Waals surface area contributed by atoms with Crippen LogP contribution in [0.5, 0.6) is 0 Å². The quantitative estimate of drug-likeness (QED) is 0.693. The SMILES string of the molecule is CSc1ncc(Cl)c(C(=O)N[C@H](C)c2ccc(C)o2)n1. The molecule has 0 saturated carbocycles. The summed E-state index contributed by atoms with van der Waals surface area (Å²) in [5.41, 5.74) is 0.168. The number of nitrogens with one attached hydrogen (secondary N) is 1. The second-order valence-corrected chi connectivity index (χ2v) is 5.38. The second kappa shape index (κ2) is 6.28. The minimum absolute atomic E-state index is 0.168. The summed E-state index contributed by atoms with van der Waals surface area (Å²) in [5.74, 6) is 1.13. The van der Waals surface area contributed by atoms with Gasteiger partial charge in [-0.05, 0) is 32.2 Å². The lowest BCUT2D eigenvalue weighted by Crippen LogP contribution is -2.27. The van der Waals surface area contributed by atoms with Gasteiger partial charge in [0.15, 0.2) is 10.9 Å². The number of aryl methyl sites for hydroxylation is 1. The van der Waals surface area contributed by atoms with Crippen LogP contribution in [0.2, 0.25) is 5.02 Å². The van der Waals surface area contributed by atoms with Gasteiger partial charge in [0.2, 0.25) is 0 Å². The summed E-state index contributed by atoms with van der Waals surface area (Å²) in [5, 5.41) is 3.53. The summed E-state index contributed by atoms with van der Waals surface area (Å²) >= 11 is 7.31. The largest absolute Gasteiger partial charge is 0.464 e. The maximum Gasteiger partial charge on any atom is 0.272 e. The number of rotatable bonds is 4. The van der Waals surface area contributed by atoms with Gasteiger partial charge in [0.1, 0.15) is 11.5 Å². The standard InChI is InChI=1S/C13H14ClN3O2S/c1-7-4-5-10(19-7)8(2)16-12(18)11-9(14)6-15-13(17-11)20-3/h4-6,8H,1-3H3,(H,16,18)/t8-/m1/s1. The molecule has 0 aliphatic heterocycles. The van der Waals surface area contributed by atoms with Crippen LogP contribution in [-0.4, -0.2) is 22.1 Å². The smallest absolute Gasteiger partial charge is 0.272 e. The molecule has 0 aliphatic rings. The Bertz CT molecular complexity index is 630. The number of carbonyl (C=O) groups excluding carboxylic acids is 1. The molecule has 0 fully saturated rings. The van der Waals surface area contributed by atoms with E-state index in [9.17, 15) is 4.79 Å². The van der Waals surface area contributed by atoms with Crippen molar-refractivity contribution in [3.63, 3.8) is 0 Å². The molecule has 2 rings (SSSR count). The van der Waals surface area contributed by atoms with E-state index >= 15 is 0 Å². The predicted octanol–water partition coefficient (Wildman–Crippen LogP) is 3.24. The maximum atomic E-state index is 12.2. The number of nitrogens with zero attached hydrogens (tertiary/aromatic N) is 2. The highest BCUT2D eigenvalue weighted by atomic mass is 35.5. The summed E-state index contributed by atoms with van der Waals surface area (Å²) in [7, 11) is 0. The predicted molar refractivity (Wildman–Crippen MR) is 78.1 cm³/mol. The van der Waals surface area contributed by atoms with E-state index in [0.717, 1.165) is 5.76 Å². The topological polar surface area (TPSA) is 68.0 Å². The Morgan fingerprint density at radius 2 is 2.25 bits per heavy atom. The third-order valence-corrected chi connectivity index (χ3v) is 3.49. The molecule has 0 bridgehead atoms. The maximum absolute atomic E-state index is 12.2. The Hall–Kier alpha value is -1.53. The third-order valence-electron chi connectivity index (χ3n) is 2.66. The van der Waals surface area contributed by atoms with Crippen LogP contribution in [0.1, 0.15) is 35.0 Å². The minimum atomic E-state index is -0.353. The molecule has 2 heterocycles. The van der Waals surface area contributed by atoms with Crippen LogP contribution in [0.25, 0.3) is 0 Å². The van der Waals surface area contributed by atoms with E-state index in [1.54, 1.807) is 0 Å². The number of hydrogen-bond acceptors (Lipinski definition) is 5. The first kappa shape index (κ1) is 14.9. The Morgan fingerprint density at radius 1 is 1.50 bits per heavy atom. The molecule has 0 aliphatic carbocycles. The zero-order valence-electron chi connectivity index (χ0n) is 11.3. The van der Waals surface area contributed by atoms with E-state index in [1.807, 2.05) is 32.2 Å². The van der Waals surface area contributed by atoms with Gasteiger partial charge in [-0.15, -0.1) is 0 Å². The average Bonchev–Trinajstić information content (AvgIpc) is 2.86. The number of carbonyl (C=O) groups is 1. The van der Waals surface area contributed by atoms with Crippen LogP contribution in [0.4, 0.5) is 0 Å². The highest BCUT2D eigenvalue weighted by molar-refractivity contribution is 7.98. The van der Waals surface area contributed by atoms with Crippen molar-refractivity contribution in [1.82, 2.24) is 15.3 Å². The Balaban J connectivity index is 2.15. The zero-order chi connectivity index (χ0) is 14.7. The summed E-state index contributed by atoms with van der Waals surface area (Å²) < 4.78 is 5.47. The lowest BCUT2D eigenvalue weighted by molar-refractivity contribution is 0.0929. The van der Waals surface area contributed by atoms with Crippen LogP contribution in [0.3, 0.4) is 0 Å². The number of halogens is 1. The van der Waals surface area contributed by atoms with Crippen molar-refractivity contribution >= 4 is 29.3 Å². The monoisotopic (exact) mass is 311 g/mol. The lowest BCUT2D eigenvalue weighted by atomic mass is 10.2. The highest BCUT2D eigenvalue weighted by Gasteiger charge is 2.18. The first-order chi connectivity index (χ1) is 9.51. The summed E-state index contributed by atoms with van der Waals surface area (Å²) in [6.45, 7) is 3.69. The molecule has 1 atom stereocenters. The van der Waals surface area contributed by atoms with E-state index in [4.69, 9.17) is 16.0 Å². The van der Waals surface area contributed by atoms with E-state index < -0.39 is 0 Å². The summed E-state index contributed by atoms with van der Waals surface area (Å²) in [4.78, 5) is 20.3. The van der Waals surface area contributed by atoms with E-state index in [0.29, 0.717) is 10.9 Å². The number of furan rings is 1. The van der Waals surface area contributed by atoms with Crippen LogP contribution in [-0.2, 0) is 0 Å². The van der Waals surface area contributed by atoms with E-state index in [-0.39, 0.29) is 22.7 Å². The molecular weight excluding hydrogens is 298 g/mol. The first-order valence-electron chi connectivity index (χ1n) is 5.95.